The van der Waals surface area contributed by atoms with Gasteiger partial charge in [0.2, 0.25) is 5.91 Å². The number of hydrogen-bond acceptors (Lipinski definition) is 7. The second kappa shape index (κ2) is 8.19. The Kier molecular flexibility index (Phi) is 5.87. The normalized spacial score (nSPS) is 17.9. The maximum Gasteiger partial charge on any atom is 0.416 e. The van der Waals surface area contributed by atoms with E-state index in [9.17, 15) is 23.1 Å². The summed E-state index contributed by atoms with van der Waals surface area (Å²) >= 11 is 0. The highest BCUT2D eigenvalue weighted by molar-refractivity contribution is 5.76. The van der Waals surface area contributed by atoms with Crippen LogP contribution in [0.4, 0.5) is 19.0 Å². The summed E-state index contributed by atoms with van der Waals surface area (Å²) in [5, 5.41) is 21.2. The minimum absolute atomic E-state index is 0.0262. The van der Waals surface area contributed by atoms with Crippen molar-refractivity contribution in [3.05, 3.63) is 29.5 Å². The molecule has 2 aromatic rings. The molecule has 29 heavy (non-hydrogen) atoms. The molecule has 0 spiro atoms. The van der Waals surface area contributed by atoms with Gasteiger partial charge in [0.1, 0.15) is 5.75 Å². The smallest absolute Gasteiger partial charge is 0.416 e. The molecule has 1 aliphatic heterocycles. The summed E-state index contributed by atoms with van der Waals surface area (Å²) in [5.74, 6) is -0.528. The second-order valence-corrected chi connectivity index (χ2v) is 7.04. The fraction of sp³-hybridized carbons (Fsp3) is 0.444. The van der Waals surface area contributed by atoms with Gasteiger partial charge in [-0.15, -0.1) is 10.2 Å². The van der Waals surface area contributed by atoms with Gasteiger partial charge in [0.15, 0.2) is 11.6 Å². The molecule has 0 saturated carbocycles. The molecule has 8 nitrogen and oxygen atoms in total. The standard InChI is InChI=1S/C18H21F3N6O2/c1-10-5-11(18(19,20)21)6-13(28)16(10)17-23-7-15(25-26-17)24-12-3-2-4-27(8-12)9-14(22)29/h5-7,12,28H,2-4,8-9H2,1H3,(H2,22,29)(H,24,25). The van der Waals surface area contributed by atoms with Crippen molar-refractivity contribution in [1.82, 2.24) is 20.1 Å². The van der Waals surface area contributed by atoms with E-state index in [0.717, 1.165) is 25.5 Å². The van der Waals surface area contributed by atoms with Gasteiger partial charge in [0.25, 0.3) is 0 Å². The van der Waals surface area contributed by atoms with Crippen LogP contribution in [0.5, 0.6) is 5.75 Å². The van der Waals surface area contributed by atoms with Crippen LogP contribution in [0.15, 0.2) is 18.3 Å². The topological polar surface area (TPSA) is 117 Å². The summed E-state index contributed by atoms with van der Waals surface area (Å²) in [4.78, 5) is 17.2. The number of piperidine rings is 1. The van der Waals surface area contributed by atoms with E-state index < -0.39 is 17.5 Å². The van der Waals surface area contributed by atoms with Crippen molar-refractivity contribution in [2.24, 2.45) is 5.73 Å². The lowest BCUT2D eigenvalue weighted by molar-refractivity contribution is -0.137. The molecule has 0 aliphatic carbocycles. The van der Waals surface area contributed by atoms with Gasteiger partial charge < -0.3 is 16.2 Å². The van der Waals surface area contributed by atoms with Crippen LogP contribution in [0.25, 0.3) is 11.4 Å². The van der Waals surface area contributed by atoms with Gasteiger partial charge in [-0.1, -0.05) is 0 Å². The Balaban J connectivity index is 1.73. The molecular formula is C18H21F3N6O2. The summed E-state index contributed by atoms with van der Waals surface area (Å²) in [6.45, 7) is 3.03. The van der Waals surface area contributed by atoms with Crippen LogP contribution < -0.4 is 11.1 Å². The lowest BCUT2D eigenvalue weighted by Crippen LogP contribution is -2.45. The first-order valence-electron chi connectivity index (χ1n) is 9.01. The number of aromatic nitrogens is 3. The molecule has 1 aliphatic rings. The first-order valence-corrected chi connectivity index (χ1v) is 9.01. The van der Waals surface area contributed by atoms with E-state index in [1.165, 1.54) is 13.1 Å². The predicted molar refractivity (Wildman–Crippen MR) is 98.9 cm³/mol. The molecule has 1 amide bonds. The number of nitrogens with zero attached hydrogens (tertiary/aromatic N) is 4. The molecule has 11 heteroatoms. The number of phenols is 1. The van der Waals surface area contributed by atoms with Crippen LogP contribution in [0, 0.1) is 6.92 Å². The molecule has 1 aromatic heterocycles. The van der Waals surface area contributed by atoms with Crippen molar-refractivity contribution in [3.63, 3.8) is 0 Å². The van der Waals surface area contributed by atoms with Crippen LogP contribution in [0.1, 0.15) is 24.0 Å². The molecule has 156 valence electrons. The van der Waals surface area contributed by atoms with Crippen molar-refractivity contribution in [3.8, 4) is 17.1 Å². The molecular weight excluding hydrogens is 389 g/mol. The number of nitrogens with one attached hydrogen (secondary N) is 1. The first kappa shape index (κ1) is 20.8. The highest BCUT2D eigenvalue weighted by atomic mass is 19.4. The largest absolute Gasteiger partial charge is 0.507 e. The highest BCUT2D eigenvalue weighted by Gasteiger charge is 2.32. The Morgan fingerprint density at radius 1 is 1.38 bits per heavy atom. The van der Waals surface area contributed by atoms with E-state index in [1.807, 2.05) is 4.90 Å². The lowest BCUT2D eigenvalue weighted by atomic mass is 10.0. The number of nitrogens with two attached hydrogens (primary N) is 1. The first-order chi connectivity index (χ1) is 13.6. The Hall–Kier alpha value is -2.95. The Morgan fingerprint density at radius 3 is 2.72 bits per heavy atom. The lowest BCUT2D eigenvalue weighted by Gasteiger charge is -2.32. The van der Waals surface area contributed by atoms with E-state index in [0.29, 0.717) is 18.4 Å². The van der Waals surface area contributed by atoms with Gasteiger partial charge in [-0.3, -0.25) is 9.69 Å². The molecule has 0 bridgehead atoms. The molecule has 1 fully saturated rings. The van der Waals surface area contributed by atoms with Gasteiger partial charge in [-0.05, 0) is 44.0 Å². The minimum atomic E-state index is -4.56. The molecule has 1 saturated heterocycles. The zero-order valence-electron chi connectivity index (χ0n) is 15.7. The predicted octanol–water partition coefficient (Wildman–Crippen LogP) is 1.93. The van der Waals surface area contributed by atoms with Crippen molar-refractivity contribution < 1.29 is 23.1 Å². The van der Waals surface area contributed by atoms with Gasteiger partial charge in [-0.2, -0.15) is 13.2 Å². The Bertz CT molecular complexity index is 865. The van der Waals surface area contributed by atoms with E-state index in [1.54, 1.807) is 0 Å². The maximum absolute atomic E-state index is 12.9. The summed E-state index contributed by atoms with van der Waals surface area (Å²) in [7, 11) is 0. The number of primary amides is 1. The van der Waals surface area contributed by atoms with Crippen molar-refractivity contribution >= 4 is 11.7 Å². The highest BCUT2D eigenvalue weighted by Crippen LogP contribution is 2.37. The minimum Gasteiger partial charge on any atom is -0.507 e. The number of anilines is 1. The second-order valence-electron chi connectivity index (χ2n) is 7.04. The SMILES string of the molecule is Cc1cc(C(F)(F)F)cc(O)c1-c1ncc(NC2CCCN(CC(N)=O)C2)nn1. The van der Waals surface area contributed by atoms with Crippen molar-refractivity contribution in [1.29, 1.82) is 0 Å². The van der Waals surface area contributed by atoms with Gasteiger partial charge in [0.05, 0.1) is 23.9 Å². The maximum atomic E-state index is 12.9. The van der Waals surface area contributed by atoms with E-state index >= 15 is 0 Å². The number of carbonyl (C=O) groups is 1. The van der Waals surface area contributed by atoms with Gasteiger partial charge in [0, 0.05) is 12.6 Å². The molecule has 3 rings (SSSR count). The molecule has 1 aromatic carbocycles. The fourth-order valence-corrected chi connectivity index (χ4v) is 3.43. The average Bonchev–Trinajstić information content (AvgIpc) is 2.61. The number of hydrogen-bond donors (Lipinski definition) is 3. The fourth-order valence-electron chi connectivity index (χ4n) is 3.43. The Morgan fingerprint density at radius 2 is 2.14 bits per heavy atom. The summed E-state index contributed by atoms with van der Waals surface area (Å²) in [5.41, 5.74) is 4.58. The number of carbonyl (C=O) groups excluding carboxylic acids is 1. The van der Waals surface area contributed by atoms with Crippen LogP contribution in [0.3, 0.4) is 0 Å². The monoisotopic (exact) mass is 410 g/mol. The number of phenolic OH excluding ortho intramolecular Hbond substituents is 1. The average molecular weight is 410 g/mol. The van der Waals surface area contributed by atoms with E-state index in [-0.39, 0.29) is 35.4 Å². The number of amides is 1. The van der Waals surface area contributed by atoms with Crippen LogP contribution in [-0.2, 0) is 11.0 Å². The number of benzene rings is 1. The molecule has 1 atom stereocenters. The third-order valence-electron chi connectivity index (χ3n) is 4.66. The molecule has 1 unspecified atom stereocenters. The van der Waals surface area contributed by atoms with Crippen LogP contribution >= 0.6 is 0 Å². The number of aryl methyl sites for hydroxylation is 1. The quantitative estimate of drug-likeness (QED) is 0.689. The van der Waals surface area contributed by atoms with Crippen LogP contribution in [-0.4, -0.2) is 56.8 Å². The molecule has 4 N–H and O–H groups in total. The number of aromatic hydroxyl groups is 1. The summed E-state index contributed by atoms with van der Waals surface area (Å²) in [6, 6.07) is 1.61. The zero-order chi connectivity index (χ0) is 21.2. The summed E-state index contributed by atoms with van der Waals surface area (Å²) < 4.78 is 38.6. The van der Waals surface area contributed by atoms with Gasteiger partial charge in [-0.25, -0.2) is 4.98 Å². The molecule has 0 radical (unpaired) electrons. The number of halogens is 3. The molecule has 2 heterocycles. The van der Waals surface area contributed by atoms with Crippen molar-refractivity contribution in [2.45, 2.75) is 32.0 Å². The number of alkyl halides is 3. The Labute approximate surface area is 164 Å². The third-order valence-corrected chi connectivity index (χ3v) is 4.66. The summed E-state index contributed by atoms with van der Waals surface area (Å²) in [6.07, 6.45) is -1.39. The third kappa shape index (κ3) is 5.11. The van der Waals surface area contributed by atoms with E-state index in [2.05, 4.69) is 20.5 Å². The van der Waals surface area contributed by atoms with Crippen molar-refractivity contribution in [2.75, 3.05) is 25.0 Å². The number of likely N-dealkylation sites (tertiary alicyclic amines) is 1. The van der Waals surface area contributed by atoms with Gasteiger partial charge >= 0.3 is 6.18 Å². The zero-order valence-corrected chi connectivity index (χ0v) is 15.7. The van der Waals surface area contributed by atoms with Crippen LogP contribution in [0.2, 0.25) is 0 Å². The van der Waals surface area contributed by atoms with E-state index in [4.69, 9.17) is 5.73 Å². The number of rotatable bonds is 5.